The molecule has 0 N–H and O–H groups in total. The maximum absolute atomic E-state index is 13.6. The molecule has 0 atom stereocenters. The largest absolute Gasteiger partial charge is 0.371 e. The Bertz CT molecular complexity index is 406. The quantitative estimate of drug-likeness (QED) is 0.755. The summed E-state index contributed by atoms with van der Waals surface area (Å²) in [6.07, 6.45) is 5.20. The number of hydrogen-bond donors (Lipinski definition) is 0. The van der Waals surface area contributed by atoms with Crippen molar-refractivity contribution in [2.24, 2.45) is 11.8 Å². The highest BCUT2D eigenvalue weighted by Gasteiger charge is 2.19. The SMILES string of the molecule is Cc1ccc(N2CCC(CCC(C)C)CC2)cc1F. The Morgan fingerprint density at radius 2 is 1.95 bits per heavy atom. The summed E-state index contributed by atoms with van der Waals surface area (Å²) < 4.78 is 13.6. The molecule has 1 saturated heterocycles. The van der Waals surface area contributed by atoms with Crippen LogP contribution in [0.5, 0.6) is 0 Å². The standard InChI is InChI=1S/C17H26FN/c1-13(2)4-6-15-8-10-19(11-9-15)16-7-5-14(3)17(18)12-16/h5,7,12-13,15H,4,6,8-11H2,1-3H3. The van der Waals surface area contributed by atoms with Crippen molar-refractivity contribution in [3.05, 3.63) is 29.6 Å². The van der Waals surface area contributed by atoms with Gasteiger partial charge in [0.15, 0.2) is 0 Å². The molecule has 0 bridgehead atoms. The molecule has 0 amide bonds. The third-order valence-electron chi connectivity index (χ3n) is 4.29. The van der Waals surface area contributed by atoms with Crippen molar-refractivity contribution in [1.29, 1.82) is 0 Å². The van der Waals surface area contributed by atoms with E-state index < -0.39 is 0 Å². The second-order valence-corrected chi connectivity index (χ2v) is 6.34. The van der Waals surface area contributed by atoms with Crippen LogP contribution in [0.4, 0.5) is 10.1 Å². The van der Waals surface area contributed by atoms with Crippen LogP contribution >= 0.6 is 0 Å². The normalized spacial score (nSPS) is 17.2. The summed E-state index contributed by atoms with van der Waals surface area (Å²) >= 11 is 0. The van der Waals surface area contributed by atoms with Crippen molar-refractivity contribution in [2.75, 3.05) is 18.0 Å². The predicted molar refractivity (Wildman–Crippen MR) is 80.1 cm³/mol. The lowest BCUT2D eigenvalue weighted by molar-refractivity contribution is 0.351. The van der Waals surface area contributed by atoms with Crippen molar-refractivity contribution < 1.29 is 4.39 Å². The summed E-state index contributed by atoms with van der Waals surface area (Å²) in [5.41, 5.74) is 1.78. The lowest BCUT2D eigenvalue weighted by atomic mass is 9.89. The van der Waals surface area contributed by atoms with Crippen molar-refractivity contribution in [3.8, 4) is 0 Å². The Labute approximate surface area is 116 Å². The summed E-state index contributed by atoms with van der Waals surface area (Å²) in [6.45, 7) is 8.56. The van der Waals surface area contributed by atoms with E-state index in [1.54, 1.807) is 6.07 Å². The first-order valence-electron chi connectivity index (χ1n) is 7.57. The number of anilines is 1. The van der Waals surface area contributed by atoms with Crippen molar-refractivity contribution >= 4 is 5.69 Å². The van der Waals surface area contributed by atoms with Gasteiger partial charge < -0.3 is 4.90 Å². The van der Waals surface area contributed by atoms with Gasteiger partial charge in [-0.2, -0.15) is 0 Å². The fourth-order valence-corrected chi connectivity index (χ4v) is 2.83. The molecule has 2 rings (SSSR count). The number of rotatable bonds is 4. The summed E-state index contributed by atoms with van der Waals surface area (Å²) in [5.74, 6) is 1.60. The Balaban J connectivity index is 1.87. The van der Waals surface area contributed by atoms with Crippen LogP contribution in [-0.4, -0.2) is 13.1 Å². The van der Waals surface area contributed by atoms with E-state index in [0.29, 0.717) is 0 Å². The number of aryl methyl sites for hydroxylation is 1. The zero-order valence-electron chi connectivity index (χ0n) is 12.5. The Hall–Kier alpha value is -1.05. The number of nitrogens with zero attached hydrogens (tertiary/aromatic N) is 1. The van der Waals surface area contributed by atoms with E-state index in [-0.39, 0.29) is 5.82 Å². The molecule has 2 heteroatoms. The summed E-state index contributed by atoms with van der Waals surface area (Å²) in [7, 11) is 0. The highest BCUT2D eigenvalue weighted by molar-refractivity contribution is 5.48. The fraction of sp³-hybridized carbons (Fsp3) is 0.647. The Kier molecular flexibility index (Phi) is 4.84. The predicted octanol–water partition coefficient (Wildman–Crippen LogP) is 4.79. The Morgan fingerprint density at radius 3 is 2.53 bits per heavy atom. The molecule has 1 heterocycles. The van der Waals surface area contributed by atoms with Gasteiger partial charge in [-0.1, -0.05) is 32.8 Å². The molecule has 0 spiro atoms. The van der Waals surface area contributed by atoms with Gasteiger partial charge in [0.25, 0.3) is 0 Å². The van der Waals surface area contributed by atoms with Crippen LogP contribution in [0.1, 0.15) is 45.1 Å². The number of piperidine rings is 1. The highest BCUT2D eigenvalue weighted by atomic mass is 19.1. The van der Waals surface area contributed by atoms with Crippen LogP contribution in [0, 0.1) is 24.6 Å². The molecule has 0 aliphatic carbocycles. The zero-order valence-corrected chi connectivity index (χ0v) is 12.5. The maximum atomic E-state index is 13.6. The van der Waals surface area contributed by atoms with E-state index in [9.17, 15) is 4.39 Å². The van der Waals surface area contributed by atoms with E-state index in [0.717, 1.165) is 36.2 Å². The minimum Gasteiger partial charge on any atom is -0.371 e. The molecule has 0 aromatic heterocycles. The third kappa shape index (κ3) is 3.95. The molecular weight excluding hydrogens is 237 g/mol. The monoisotopic (exact) mass is 263 g/mol. The van der Waals surface area contributed by atoms with Gasteiger partial charge >= 0.3 is 0 Å². The first kappa shape index (κ1) is 14.4. The number of benzene rings is 1. The van der Waals surface area contributed by atoms with Gasteiger partial charge in [-0.3, -0.25) is 0 Å². The molecule has 0 unspecified atom stereocenters. The molecule has 1 nitrogen and oxygen atoms in total. The van der Waals surface area contributed by atoms with Crippen LogP contribution in [0.2, 0.25) is 0 Å². The lowest BCUT2D eigenvalue weighted by Gasteiger charge is -2.34. The zero-order chi connectivity index (χ0) is 13.8. The van der Waals surface area contributed by atoms with Crippen LogP contribution < -0.4 is 4.90 Å². The summed E-state index contributed by atoms with van der Waals surface area (Å²) in [5, 5.41) is 0. The number of halogens is 1. The van der Waals surface area contributed by atoms with Gasteiger partial charge in [0.2, 0.25) is 0 Å². The van der Waals surface area contributed by atoms with Gasteiger partial charge in [0.05, 0.1) is 0 Å². The molecule has 1 aliphatic heterocycles. The van der Waals surface area contributed by atoms with Crippen molar-refractivity contribution in [1.82, 2.24) is 0 Å². The fourth-order valence-electron chi connectivity index (χ4n) is 2.83. The first-order valence-corrected chi connectivity index (χ1v) is 7.57. The molecule has 1 aromatic carbocycles. The van der Waals surface area contributed by atoms with E-state index in [1.807, 2.05) is 19.1 Å². The van der Waals surface area contributed by atoms with E-state index in [2.05, 4.69) is 18.7 Å². The molecule has 1 aliphatic rings. The molecule has 19 heavy (non-hydrogen) atoms. The highest BCUT2D eigenvalue weighted by Crippen LogP contribution is 2.27. The molecule has 106 valence electrons. The smallest absolute Gasteiger partial charge is 0.128 e. The van der Waals surface area contributed by atoms with Crippen molar-refractivity contribution in [3.63, 3.8) is 0 Å². The summed E-state index contributed by atoms with van der Waals surface area (Å²) in [6, 6.07) is 5.62. The van der Waals surface area contributed by atoms with E-state index >= 15 is 0 Å². The number of hydrogen-bond acceptors (Lipinski definition) is 1. The molecular formula is C17H26FN. The molecule has 1 fully saturated rings. The molecule has 1 aromatic rings. The van der Waals surface area contributed by atoms with Gasteiger partial charge in [-0.15, -0.1) is 0 Å². The van der Waals surface area contributed by atoms with Gasteiger partial charge in [-0.05, 0) is 49.3 Å². The van der Waals surface area contributed by atoms with E-state index in [4.69, 9.17) is 0 Å². The average molecular weight is 263 g/mol. The first-order chi connectivity index (χ1) is 9.06. The van der Waals surface area contributed by atoms with Crippen LogP contribution in [0.25, 0.3) is 0 Å². The third-order valence-corrected chi connectivity index (χ3v) is 4.29. The molecule has 0 radical (unpaired) electrons. The van der Waals surface area contributed by atoms with Crippen LogP contribution in [-0.2, 0) is 0 Å². The van der Waals surface area contributed by atoms with Crippen LogP contribution in [0.15, 0.2) is 18.2 Å². The maximum Gasteiger partial charge on any atom is 0.128 e. The van der Waals surface area contributed by atoms with Crippen LogP contribution in [0.3, 0.4) is 0 Å². The minimum absolute atomic E-state index is 0.0839. The second-order valence-electron chi connectivity index (χ2n) is 6.34. The summed E-state index contributed by atoms with van der Waals surface area (Å²) in [4.78, 5) is 2.33. The van der Waals surface area contributed by atoms with Gasteiger partial charge in [-0.25, -0.2) is 4.39 Å². The van der Waals surface area contributed by atoms with Gasteiger partial charge in [0.1, 0.15) is 5.82 Å². The van der Waals surface area contributed by atoms with E-state index in [1.165, 1.54) is 25.7 Å². The molecule has 0 saturated carbocycles. The van der Waals surface area contributed by atoms with Crippen molar-refractivity contribution in [2.45, 2.75) is 46.5 Å². The lowest BCUT2D eigenvalue weighted by Crippen LogP contribution is -2.33. The Morgan fingerprint density at radius 1 is 1.26 bits per heavy atom. The average Bonchev–Trinajstić information content (AvgIpc) is 2.40. The minimum atomic E-state index is -0.0839. The van der Waals surface area contributed by atoms with Gasteiger partial charge in [0, 0.05) is 18.8 Å². The second kappa shape index (κ2) is 6.40. The topological polar surface area (TPSA) is 3.24 Å².